The molecule has 0 spiro atoms. The number of esters is 1. The van der Waals surface area contributed by atoms with Gasteiger partial charge >= 0.3 is 5.97 Å². The molecule has 0 aromatic heterocycles. The molecule has 0 bridgehead atoms. The first-order chi connectivity index (χ1) is 8.15. The third kappa shape index (κ3) is 4.80. The van der Waals surface area contributed by atoms with Gasteiger partial charge in [-0.05, 0) is 18.2 Å². The number of benzene rings is 1. The molecule has 1 aromatic rings. The highest BCUT2D eigenvalue weighted by molar-refractivity contribution is 6.30. The van der Waals surface area contributed by atoms with E-state index in [0.29, 0.717) is 10.8 Å². The van der Waals surface area contributed by atoms with Gasteiger partial charge < -0.3 is 9.47 Å². The molecular weight excluding hydrogens is 240 g/mol. The summed E-state index contributed by atoms with van der Waals surface area (Å²) in [5.74, 6) is 2.59. The van der Waals surface area contributed by atoms with E-state index < -0.39 is 6.10 Å². The SMILES string of the molecule is C#C[C@H](COc1cccc(Cl)c1)OC(=O)CC. The fourth-order valence-electron chi connectivity index (χ4n) is 1.09. The predicted octanol–water partition coefficient (Wildman–Crippen LogP) is 2.67. The standard InChI is InChI=1S/C13H13ClO3/c1-3-11(17-13(15)4-2)9-16-12-7-5-6-10(14)8-12/h1,5-8,11H,4,9H2,2H3/t11-/m1/s1. The van der Waals surface area contributed by atoms with Gasteiger partial charge in [0, 0.05) is 11.4 Å². The zero-order chi connectivity index (χ0) is 12.7. The summed E-state index contributed by atoms with van der Waals surface area (Å²) < 4.78 is 10.3. The van der Waals surface area contributed by atoms with Crippen molar-refractivity contribution in [2.45, 2.75) is 19.4 Å². The van der Waals surface area contributed by atoms with Gasteiger partial charge in [0.15, 0.2) is 6.10 Å². The Morgan fingerprint density at radius 3 is 2.94 bits per heavy atom. The van der Waals surface area contributed by atoms with E-state index >= 15 is 0 Å². The fraction of sp³-hybridized carbons (Fsp3) is 0.308. The normalized spacial score (nSPS) is 11.4. The van der Waals surface area contributed by atoms with Gasteiger partial charge in [-0.2, -0.15) is 0 Å². The highest BCUT2D eigenvalue weighted by Crippen LogP contribution is 2.17. The largest absolute Gasteiger partial charge is 0.489 e. The molecule has 1 aromatic carbocycles. The first kappa shape index (κ1) is 13.4. The highest BCUT2D eigenvalue weighted by Gasteiger charge is 2.11. The Morgan fingerprint density at radius 1 is 1.59 bits per heavy atom. The number of hydrogen-bond acceptors (Lipinski definition) is 3. The van der Waals surface area contributed by atoms with Gasteiger partial charge in [-0.15, -0.1) is 6.42 Å². The van der Waals surface area contributed by atoms with E-state index in [2.05, 4.69) is 5.92 Å². The Balaban J connectivity index is 2.48. The summed E-state index contributed by atoms with van der Waals surface area (Å²) >= 11 is 5.80. The van der Waals surface area contributed by atoms with Crippen LogP contribution < -0.4 is 4.74 Å². The summed E-state index contributed by atoms with van der Waals surface area (Å²) in [6.45, 7) is 1.82. The Bertz CT molecular complexity index is 423. The number of hydrogen-bond donors (Lipinski definition) is 0. The monoisotopic (exact) mass is 252 g/mol. The van der Waals surface area contributed by atoms with Crippen LogP contribution in [-0.4, -0.2) is 18.7 Å². The number of ether oxygens (including phenoxy) is 2. The molecule has 0 radical (unpaired) electrons. The smallest absolute Gasteiger partial charge is 0.306 e. The average molecular weight is 253 g/mol. The summed E-state index contributed by atoms with van der Waals surface area (Å²) in [4.78, 5) is 11.1. The third-order valence-electron chi connectivity index (χ3n) is 1.95. The zero-order valence-electron chi connectivity index (χ0n) is 9.48. The van der Waals surface area contributed by atoms with Crippen molar-refractivity contribution in [3.63, 3.8) is 0 Å². The zero-order valence-corrected chi connectivity index (χ0v) is 10.2. The van der Waals surface area contributed by atoms with E-state index in [1.165, 1.54) is 0 Å². The maximum atomic E-state index is 11.1. The Labute approximate surface area is 106 Å². The first-order valence-corrected chi connectivity index (χ1v) is 5.57. The summed E-state index contributed by atoms with van der Waals surface area (Å²) in [5, 5.41) is 0.574. The molecule has 0 saturated carbocycles. The first-order valence-electron chi connectivity index (χ1n) is 5.19. The highest BCUT2D eigenvalue weighted by atomic mass is 35.5. The Kier molecular flexibility index (Phi) is 5.38. The number of carbonyl (C=O) groups is 1. The molecule has 0 unspecified atom stereocenters. The van der Waals surface area contributed by atoms with Gasteiger partial charge in [-0.3, -0.25) is 4.79 Å². The van der Waals surface area contributed by atoms with Gasteiger partial charge in [-0.25, -0.2) is 0 Å². The minimum atomic E-state index is -0.679. The molecule has 0 fully saturated rings. The van der Waals surface area contributed by atoms with E-state index in [1.807, 2.05) is 0 Å². The van der Waals surface area contributed by atoms with Crippen LogP contribution in [0, 0.1) is 12.3 Å². The molecule has 1 atom stereocenters. The average Bonchev–Trinajstić information content (AvgIpc) is 2.34. The molecule has 0 heterocycles. The molecule has 17 heavy (non-hydrogen) atoms. The lowest BCUT2D eigenvalue weighted by molar-refractivity contribution is -0.147. The van der Waals surface area contributed by atoms with Crippen molar-refractivity contribution >= 4 is 17.6 Å². The van der Waals surface area contributed by atoms with Crippen LogP contribution in [0.15, 0.2) is 24.3 Å². The Morgan fingerprint density at radius 2 is 2.35 bits per heavy atom. The van der Waals surface area contributed by atoms with E-state index in [0.717, 1.165) is 0 Å². The van der Waals surface area contributed by atoms with E-state index in [1.54, 1.807) is 31.2 Å². The van der Waals surface area contributed by atoms with Crippen LogP contribution in [0.5, 0.6) is 5.75 Å². The molecule has 0 aliphatic heterocycles. The minimum absolute atomic E-state index is 0.114. The van der Waals surface area contributed by atoms with Crippen LogP contribution in [0.3, 0.4) is 0 Å². The van der Waals surface area contributed by atoms with Crippen molar-refractivity contribution in [1.29, 1.82) is 0 Å². The summed E-state index contributed by atoms with van der Waals surface area (Å²) in [5.41, 5.74) is 0. The van der Waals surface area contributed by atoms with Gasteiger partial charge in [0.05, 0.1) is 0 Å². The molecule has 0 saturated heterocycles. The van der Waals surface area contributed by atoms with Gasteiger partial charge in [0.1, 0.15) is 12.4 Å². The molecule has 0 aliphatic rings. The third-order valence-corrected chi connectivity index (χ3v) is 2.18. The van der Waals surface area contributed by atoms with Gasteiger partial charge in [0.25, 0.3) is 0 Å². The van der Waals surface area contributed by atoms with E-state index in [4.69, 9.17) is 27.5 Å². The molecule has 4 heteroatoms. The molecule has 0 aliphatic carbocycles. The van der Waals surface area contributed by atoms with E-state index in [9.17, 15) is 4.79 Å². The van der Waals surface area contributed by atoms with Crippen molar-refractivity contribution in [2.24, 2.45) is 0 Å². The molecule has 3 nitrogen and oxygen atoms in total. The van der Waals surface area contributed by atoms with Crippen molar-refractivity contribution in [3.8, 4) is 18.1 Å². The summed E-state index contributed by atoms with van der Waals surface area (Å²) in [6, 6.07) is 6.92. The second-order valence-corrected chi connectivity index (χ2v) is 3.70. The predicted molar refractivity (Wildman–Crippen MR) is 66.0 cm³/mol. The molecule has 90 valence electrons. The van der Waals surface area contributed by atoms with Crippen molar-refractivity contribution in [3.05, 3.63) is 29.3 Å². The quantitative estimate of drug-likeness (QED) is 0.597. The van der Waals surface area contributed by atoms with Crippen LogP contribution in [0.25, 0.3) is 0 Å². The lowest BCUT2D eigenvalue weighted by Gasteiger charge is -2.13. The fourth-order valence-corrected chi connectivity index (χ4v) is 1.27. The van der Waals surface area contributed by atoms with Crippen LogP contribution in [-0.2, 0) is 9.53 Å². The molecular formula is C13H13ClO3. The number of halogens is 1. The van der Waals surface area contributed by atoms with Crippen LogP contribution in [0.4, 0.5) is 0 Å². The van der Waals surface area contributed by atoms with Gasteiger partial charge in [-0.1, -0.05) is 30.5 Å². The van der Waals surface area contributed by atoms with Crippen LogP contribution in [0.1, 0.15) is 13.3 Å². The van der Waals surface area contributed by atoms with E-state index in [-0.39, 0.29) is 19.0 Å². The number of terminal acetylenes is 1. The van der Waals surface area contributed by atoms with Crippen molar-refractivity contribution in [1.82, 2.24) is 0 Å². The second-order valence-electron chi connectivity index (χ2n) is 3.27. The molecule has 0 amide bonds. The lowest BCUT2D eigenvalue weighted by atomic mass is 10.3. The van der Waals surface area contributed by atoms with Crippen molar-refractivity contribution < 1.29 is 14.3 Å². The van der Waals surface area contributed by atoms with Crippen molar-refractivity contribution in [2.75, 3.05) is 6.61 Å². The number of carbonyl (C=O) groups excluding carboxylic acids is 1. The van der Waals surface area contributed by atoms with Gasteiger partial charge in [0.2, 0.25) is 0 Å². The van der Waals surface area contributed by atoms with Crippen LogP contribution in [0.2, 0.25) is 5.02 Å². The topological polar surface area (TPSA) is 35.5 Å². The molecule has 1 rings (SSSR count). The van der Waals surface area contributed by atoms with Crippen LogP contribution >= 0.6 is 11.6 Å². The molecule has 0 N–H and O–H groups in total. The maximum absolute atomic E-state index is 11.1. The summed E-state index contributed by atoms with van der Waals surface area (Å²) in [7, 11) is 0. The number of rotatable bonds is 5. The Hall–Kier alpha value is -1.66. The lowest BCUT2D eigenvalue weighted by Crippen LogP contribution is -2.23. The maximum Gasteiger partial charge on any atom is 0.306 e. The summed E-state index contributed by atoms with van der Waals surface area (Å²) in [6.07, 6.45) is 4.84. The second kappa shape index (κ2) is 6.82. The minimum Gasteiger partial charge on any atom is -0.489 e.